The van der Waals surface area contributed by atoms with Gasteiger partial charge in [0.15, 0.2) is 11.6 Å². The van der Waals surface area contributed by atoms with Crippen LogP contribution in [0.5, 0.6) is 5.75 Å². The van der Waals surface area contributed by atoms with Crippen LogP contribution in [0.25, 0.3) is 0 Å². The average molecular weight is 311 g/mol. The van der Waals surface area contributed by atoms with Crippen molar-refractivity contribution in [3.63, 3.8) is 0 Å². The first-order chi connectivity index (χ1) is 10.1. The lowest BCUT2D eigenvalue weighted by molar-refractivity contribution is 0.112. The number of aryl methyl sites for hydroxylation is 2. The number of ether oxygens (including phenoxy) is 1. The van der Waals surface area contributed by atoms with Crippen LogP contribution < -0.4 is 4.74 Å². The lowest BCUT2D eigenvalue weighted by Crippen LogP contribution is -2.07. The molecule has 1 aromatic heterocycles. The summed E-state index contributed by atoms with van der Waals surface area (Å²) >= 11 is 6.26. The van der Waals surface area contributed by atoms with Gasteiger partial charge in [-0.2, -0.15) is 5.10 Å². The molecule has 1 heterocycles. The molecule has 0 aliphatic heterocycles. The minimum absolute atomic E-state index is 0.0820. The molecule has 21 heavy (non-hydrogen) atoms. The van der Waals surface area contributed by atoms with Crippen molar-refractivity contribution >= 4 is 17.9 Å². The Kier molecular flexibility index (Phi) is 4.96. The van der Waals surface area contributed by atoms with E-state index in [0.717, 1.165) is 23.9 Å². The monoisotopic (exact) mass is 310 g/mol. The Morgan fingerprint density at radius 1 is 1.43 bits per heavy atom. The van der Waals surface area contributed by atoms with Gasteiger partial charge in [-0.1, -0.05) is 18.5 Å². The fourth-order valence-corrected chi connectivity index (χ4v) is 2.33. The maximum atomic E-state index is 13.8. The van der Waals surface area contributed by atoms with Crippen molar-refractivity contribution in [2.75, 3.05) is 0 Å². The summed E-state index contributed by atoms with van der Waals surface area (Å²) in [5.41, 5.74) is 1.79. The molecule has 0 spiro atoms. The van der Waals surface area contributed by atoms with E-state index in [0.29, 0.717) is 17.9 Å². The summed E-state index contributed by atoms with van der Waals surface area (Å²) in [5.74, 6) is -0.493. The van der Waals surface area contributed by atoms with Gasteiger partial charge in [0.1, 0.15) is 12.9 Å². The number of carbonyl (C=O) groups is 1. The van der Waals surface area contributed by atoms with Crippen molar-refractivity contribution in [2.45, 2.75) is 33.4 Å². The molecule has 0 radical (unpaired) electrons. The first-order valence-corrected chi connectivity index (χ1v) is 7.10. The van der Waals surface area contributed by atoms with Crippen LogP contribution in [0.3, 0.4) is 0 Å². The summed E-state index contributed by atoms with van der Waals surface area (Å²) in [6.07, 6.45) is 1.31. The van der Waals surface area contributed by atoms with Crippen LogP contribution in [0.4, 0.5) is 4.39 Å². The highest BCUT2D eigenvalue weighted by Gasteiger charge is 2.15. The molecule has 6 heteroatoms. The third-order valence-electron chi connectivity index (χ3n) is 3.15. The van der Waals surface area contributed by atoms with E-state index in [-0.39, 0.29) is 17.9 Å². The van der Waals surface area contributed by atoms with Crippen molar-refractivity contribution in [3.8, 4) is 5.75 Å². The Hall–Kier alpha value is -1.88. The first-order valence-electron chi connectivity index (χ1n) is 6.72. The zero-order valence-corrected chi connectivity index (χ0v) is 12.7. The molecule has 4 nitrogen and oxygen atoms in total. The smallest absolute Gasteiger partial charge is 0.165 e. The Bertz CT molecular complexity index is 655. The molecule has 0 bridgehead atoms. The van der Waals surface area contributed by atoms with Crippen LogP contribution in [0.15, 0.2) is 18.2 Å². The van der Waals surface area contributed by atoms with Crippen LogP contribution in [0, 0.1) is 5.82 Å². The van der Waals surface area contributed by atoms with Crippen LogP contribution >= 0.6 is 11.6 Å². The van der Waals surface area contributed by atoms with Crippen LogP contribution in [-0.4, -0.2) is 16.1 Å². The quantitative estimate of drug-likeness (QED) is 0.765. The number of halogens is 2. The van der Waals surface area contributed by atoms with E-state index in [4.69, 9.17) is 16.3 Å². The normalized spacial score (nSPS) is 10.7. The molecular weight excluding hydrogens is 295 g/mol. The Morgan fingerprint density at radius 2 is 2.19 bits per heavy atom. The van der Waals surface area contributed by atoms with E-state index >= 15 is 0 Å². The van der Waals surface area contributed by atoms with E-state index < -0.39 is 5.82 Å². The lowest BCUT2D eigenvalue weighted by atomic mass is 10.2. The van der Waals surface area contributed by atoms with Crippen LogP contribution in [-0.2, 0) is 19.6 Å². The number of carbonyl (C=O) groups excluding carboxylic acids is 1. The summed E-state index contributed by atoms with van der Waals surface area (Å²) in [6, 6.07) is 4.07. The van der Waals surface area contributed by atoms with E-state index in [2.05, 4.69) is 5.10 Å². The number of aldehydes is 1. The minimum Gasteiger partial charge on any atom is -0.484 e. The summed E-state index contributed by atoms with van der Waals surface area (Å²) in [6.45, 7) is 4.70. The maximum Gasteiger partial charge on any atom is 0.165 e. The van der Waals surface area contributed by atoms with E-state index in [1.54, 1.807) is 4.68 Å². The van der Waals surface area contributed by atoms with Gasteiger partial charge in [0.2, 0.25) is 0 Å². The van der Waals surface area contributed by atoms with Gasteiger partial charge in [0.25, 0.3) is 0 Å². The van der Waals surface area contributed by atoms with Gasteiger partial charge in [0.05, 0.1) is 16.4 Å². The zero-order chi connectivity index (χ0) is 15.4. The van der Waals surface area contributed by atoms with Crippen molar-refractivity contribution < 1.29 is 13.9 Å². The summed E-state index contributed by atoms with van der Waals surface area (Å²) in [5, 5.41) is 4.93. The van der Waals surface area contributed by atoms with Crippen molar-refractivity contribution in [3.05, 3.63) is 46.0 Å². The van der Waals surface area contributed by atoms with Gasteiger partial charge in [-0.3, -0.25) is 9.48 Å². The van der Waals surface area contributed by atoms with Gasteiger partial charge in [-0.15, -0.1) is 0 Å². The second-order valence-electron chi connectivity index (χ2n) is 4.47. The highest BCUT2D eigenvalue weighted by atomic mass is 35.5. The third kappa shape index (κ3) is 3.24. The molecule has 2 rings (SSSR count). The van der Waals surface area contributed by atoms with Gasteiger partial charge >= 0.3 is 0 Å². The molecule has 0 fully saturated rings. The summed E-state index contributed by atoms with van der Waals surface area (Å²) in [7, 11) is 0. The van der Waals surface area contributed by atoms with Gasteiger partial charge < -0.3 is 4.74 Å². The molecule has 0 saturated carbocycles. The van der Waals surface area contributed by atoms with E-state index in [1.807, 2.05) is 13.8 Å². The average Bonchev–Trinajstić information content (AvgIpc) is 2.81. The van der Waals surface area contributed by atoms with Gasteiger partial charge in [-0.25, -0.2) is 4.39 Å². The van der Waals surface area contributed by atoms with Crippen molar-refractivity contribution in [1.29, 1.82) is 0 Å². The molecule has 2 aromatic rings. The van der Waals surface area contributed by atoms with Gasteiger partial charge in [0, 0.05) is 12.1 Å². The molecule has 112 valence electrons. The molecule has 0 unspecified atom stereocenters. The topological polar surface area (TPSA) is 44.1 Å². The van der Waals surface area contributed by atoms with Gasteiger partial charge in [-0.05, 0) is 31.5 Å². The molecule has 0 N–H and O–H groups in total. The lowest BCUT2D eigenvalue weighted by Gasteiger charge is -2.09. The van der Waals surface area contributed by atoms with Crippen LogP contribution in [0.2, 0.25) is 5.02 Å². The molecule has 0 atom stereocenters. The SMILES string of the molecule is CCc1nn(CC)c(COc2ccc(C=O)cc2F)c1Cl. The third-order valence-corrected chi connectivity index (χ3v) is 3.59. The second-order valence-corrected chi connectivity index (χ2v) is 4.85. The highest BCUT2D eigenvalue weighted by molar-refractivity contribution is 6.31. The fraction of sp³-hybridized carbons (Fsp3) is 0.333. The maximum absolute atomic E-state index is 13.8. The number of nitrogens with zero attached hydrogens (tertiary/aromatic N) is 2. The molecule has 0 aliphatic rings. The summed E-state index contributed by atoms with van der Waals surface area (Å²) in [4.78, 5) is 10.6. The fourth-order valence-electron chi connectivity index (χ4n) is 2.01. The number of aromatic nitrogens is 2. The number of hydrogen-bond donors (Lipinski definition) is 0. The Balaban J connectivity index is 2.20. The first kappa shape index (κ1) is 15.5. The second kappa shape index (κ2) is 6.72. The number of hydrogen-bond acceptors (Lipinski definition) is 3. The van der Waals surface area contributed by atoms with E-state index in [9.17, 15) is 9.18 Å². The van der Waals surface area contributed by atoms with Crippen LogP contribution in [0.1, 0.15) is 35.6 Å². The summed E-state index contributed by atoms with van der Waals surface area (Å²) < 4.78 is 21.0. The number of benzene rings is 1. The molecule has 0 amide bonds. The molecular formula is C15H16ClFN2O2. The molecule has 1 aromatic carbocycles. The Morgan fingerprint density at radius 3 is 2.76 bits per heavy atom. The van der Waals surface area contributed by atoms with E-state index in [1.165, 1.54) is 12.1 Å². The molecule has 0 saturated heterocycles. The largest absolute Gasteiger partial charge is 0.484 e. The standard InChI is InChI=1S/C15H16ClFN2O2/c1-3-12-15(16)13(19(4-2)18-12)9-21-14-6-5-10(8-20)7-11(14)17/h5-8H,3-4,9H2,1-2H3. The predicted octanol–water partition coefficient (Wildman–Crippen LogP) is 3.65. The predicted molar refractivity (Wildman–Crippen MR) is 78.4 cm³/mol. The molecule has 0 aliphatic carbocycles. The van der Waals surface area contributed by atoms with Crippen molar-refractivity contribution in [1.82, 2.24) is 9.78 Å². The highest BCUT2D eigenvalue weighted by Crippen LogP contribution is 2.24. The van der Waals surface area contributed by atoms with Crippen molar-refractivity contribution in [2.24, 2.45) is 0 Å². The minimum atomic E-state index is -0.575. The Labute approximate surface area is 127 Å². The zero-order valence-electron chi connectivity index (χ0n) is 11.9. The number of rotatable bonds is 6.